The molecular formula is C21H31N3O2. The fourth-order valence-corrected chi connectivity index (χ4v) is 5.14. The van der Waals surface area contributed by atoms with Crippen LogP contribution in [0.1, 0.15) is 50.5 Å². The average Bonchev–Trinajstić information content (AvgIpc) is 3.01. The van der Waals surface area contributed by atoms with Crippen molar-refractivity contribution < 1.29 is 9.53 Å². The first-order valence-corrected chi connectivity index (χ1v) is 10.2. The Morgan fingerprint density at radius 1 is 1.27 bits per heavy atom. The van der Waals surface area contributed by atoms with Crippen molar-refractivity contribution in [2.45, 2.75) is 57.5 Å². The maximum atomic E-state index is 13.2. The van der Waals surface area contributed by atoms with Crippen LogP contribution < -0.4 is 5.32 Å². The van der Waals surface area contributed by atoms with E-state index >= 15 is 0 Å². The van der Waals surface area contributed by atoms with Crippen LogP contribution in [0, 0.1) is 11.3 Å². The molecule has 1 aromatic rings. The highest BCUT2D eigenvalue weighted by Crippen LogP contribution is 2.45. The molecule has 142 valence electrons. The molecule has 3 fully saturated rings. The third-order valence-corrected chi connectivity index (χ3v) is 6.60. The molecule has 1 atom stereocenters. The summed E-state index contributed by atoms with van der Waals surface area (Å²) in [5.74, 6) is 0.373. The van der Waals surface area contributed by atoms with E-state index in [1.807, 2.05) is 18.5 Å². The molecule has 1 amide bonds. The van der Waals surface area contributed by atoms with Crippen molar-refractivity contribution in [3.8, 4) is 0 Å². The van der Waals surface area contributed by atoms with Crippen LogP contribution in [0.25, 0.3) is 0 Å². The van der Waals surface area contributed by atoms with Crippen LogP contribution in [0.4, 0.5) is 0 Å². The zero-order valence-corrected chi connectivity index (χ0v) is 15.7. The van der Waals surface area contributed by atoms with Gasteiger partial charge in [0.25, 0.3) is 0 Å². The number of hydrogen-bond donors (Lipinski definition) is 1. The molecule has 0 aromatic carbocycles. The van der Waals surface area contributed by atoms with Gasteiger partial charge in [-0.3, -0.25) is 14.7 Å². The minimum atomic E-state index is 0.0825. The largest absolute Gasteiger partial charge is 0.381 e. The van der Waals surface area contributed by atoms with Gasteiger partial charge in [-0.2, -0.15) is 0 Å². The minimum Gasteiger partial charge on any atom is -0.381 e. The van der Waals surface area contributed by atoms with Crippen molar-refractivity contribution >= 4 is 5.91 Å². The highest BCUT2D eigenvalue weighted by Gasteiger charge is 2.50. The quantitative estimate of drug-likeness (QED) is 0.900. The average molecular weight is 357 g/mol. The van der Waals surface area contributed by atoms with Crippen molar-refractivity contribution in [1.29, 1.82) is 0 Å². The normalized spacial score (nSPS) is 26.8. The van der Waals surface area contributed by atoms with E-state index < -0.39 is 0 Å². The predicted molar refractivity (Wildman–Crippen MR) is 101 cm³/mol. The zero-order chi connectivity index (χ0) is 17.8. The fourth-order valence-electron chi connectivity index (χ4n) is 5.14. The predicted octanol–water partition coefficient (Wildman–Crippen LogP) is 2.76. The van der Waals surface area contributed by atoms with Gasteiger partial charge in [0.05, 0.1) is 5.92 Å². The van der Waals surface area contributed by atoms with Crippen LogP contribution in [0.15, 0.2) is 24.5 Å². The number of carbonyl (C=O) groups excluding carboxylic acids is 1. The van der Waals surface area contributed by atoms with E-state index in [0.717, 1.165) is 58.5 Å². The van der Waals surface area contributed by atoms with Crippen molar-refractivity contribution in [2.75, 3.05) is 26.3 Å². The summed E-state index contributed by atoms with van der Waals surface area (Å²) in [4.78, 5) is 19.9. The number of carbonyl (C=O) groups is 1. The second kappa shape index (κ2) is 8.05. The van der Waals surface area contributed by atoms with Crippen LogP contribution in [0.2, 0.25) is 0 Å². The number of hydrogen-bond acceptors (Lipinski definition) is 4. The first kappa shape index (κ1) is 17.9. The Labute approximate surface area is 156 Å². The molecular weight excluding hydrogens is 326 g/mol. The maximum Gasteiger partial charge on any atom is 0.225 e. The topological polar surface area (TPSA) is 54.5 Å². The first-order valence-electron chi connectivity index (χ1n) is 10.2. The Hall–Kier alpha value is -1.46. The standard InChI is InChI=1S/C21H31N3O2/c25-20(23-18-6-2-1-3-7-18)19-15-24(14-17-5-4-10-22-13-17)16-21(19)8-11-26-12-9-21/h4-5,10,13,18-19H,1-3,6-9,11-12,14-16H2,(H,23,25). The number of amides is 1. The molecule has 1 spiro atoms. The number of nitrogens with one attached hydrogen (secondary N) is 1. The lowest BCUT2D eigenvalue weighted by Gasteiger charge is -2.38. The van der Waals surface area contributed by atoms with E-state index in [1.165, 1.54) is 24.8 Å². The van der Waals surface area contributed by atoms with Crippen molar-refractivity contribution in [2.24, 2.45) is 11.3 Å². The molecule has 1 N–H and O–H groups in total. The van der Waals surface area contributed by atoms with Gasteiger partial charge < -0.3 is 10.1 Å². The molecule has 0 radical (unpaired) electrons. The van der Waals surface area contributed by atoms with Crippen LogP contribution in [0.3, 0.4) is 0 Å². The van der Waals surface area contributed by atoms with Gasteiger partial charge in [-0.25, -0.2) is 0 Å². The van der Waals surface area contributed by atoms with Crippen LogP contribution in [0.5, 0.6) is 0 Å². The van der Waals surface area contributed by atoms with Crippen molar-refractivity contribution in [3.63, 3.8) is 0 Å². The second-order valence-electron chi connectivity index (χ2n) is 8.40. The summed E-state index contributed by atoms with van der Waals surface area (Å²) in [6.45, 7) is 4.30. The lowest BCUT2D eigenvalue weighted by molar-refractivity contribution is -0.130. The zero-order valence-electron chi connectivity index (χ0n) is 15.7. The molecule has 1 aromatic heterocycles. The monoisotopic (exact) mass is 357 g/mol. The SMILES string of the molecule is O=C(NC1CCCCC1)C1CN(Cc2cccnc2)CC12CCOCC2. The molecule has 3 aliphatic rings. The maximum absolute atomic E-state index is 13.2. The summed E-state index contributed by atoms with van der Waals surface area (Å²) in [6.07, 6.45) is 11.9. The van der Waals surface area contributed by atoms with E-state index in [2.05, 4.69) is 21.3 Å². The molecule has 1 saturated carbocycles. The lowest BCUT2D eigenvalue weighted by Crippen LogP contribution is -2.47. The van der Waals surface area contributed by atoms with Gasteiger partial charge in [0.1, 0.15) is 0 Å². The summed E-state index contributed by atoms with van der Waals surface area (Å²) < 4.78 is 5.63. The molecule has 5 nitrogen and oxygen atoms in total. The van der Waals surface area contributed by atoms with E-state index in [-0.39, 0.29) is 17.2 Å². The molecule has 5 heteroatoms. The van der Waals surface area contributed by atoms with Gasteiger partial charge in [-0.05, 0) is 37.3 Å². The molecule has 2 aliphatic heterocycles. The van der Waals surface area contributed by atoms with E-state index in [9.17, 15) is 4.79 Å². The number of ether oxygens (including phenoxy) is 1. The third kappa shape index (κ3) is 3.94. The molecule has 0 bridgehead atoms. The summed E-state index contributed by atoms with van der Waals surface area (Å²) in [5.41, 5.74) is 1.31. The molecule has 26 heavy (non-hydrogen) atoms. The third-order valence-electron chi connectivity index (χ3n) is 6.60. The molecule has 1 aliphatic carbocycles. The molecule has 1 unspecified atom stereocenters. The summed E-state index contributed by atoms with van der Waals surface area (Å²) in [7, 11) is 0. The number of pyridine rings is 1. The second-order valence-corrected chi connectivity index (χ2v) is 8.40. The highest BCUT2D eigenvalue weighted by molar-refractivity contribution is 5.80. The first-order chi connectivity index (χ1) is 12.8. The van der Waals surface area contributed by atoms with Gasteiger partial charge >= 0.3 is 0 Å². The Morgan fingerprint density at radius 3 is 2.81 bits per heavy atom. The lowest BCUT2D eigenvalue weighted by atomic mass is 9.71. The van der Waals surface area contributed by atoms with Gasteiger partial charge in [0, 0.05) is 56.7 Å². The molecule has 4 rings (SSSR count). The number of likely N-dealkylation sites (tertiary alicyclic amines) is 1. The number of aromatic nitrogens is 1. The number of rotatable bonds is 4. The Morgan fingerprint density at radius 2 is 2.08 bits per heavy atom. The fraction of sp³-hybridized carbons (Fsp3) is 0.714. The van der Waals surface area contributed by atoms with Gasteiger partial charge in [-0.1, -0.05) is 25.3 Å². The summed E-state index contributed by atoms with van der Waals surface area (Å²) >= 11 is 0. The van der Waals surface area contributed by atoms with E-state index in [1.54, 1.807) is 0 Å². The molecule has 2 saturated heterocycles. The van der Waals surface area contributed by atoms with Crippen molar-refractivity contribution in [3.05, 3.63) is 30.1 Å². The number of nitrogens with zero attached hydrogens (tertiary/aromatic N) is 2. The minimum absolute atomic E-state index is 0.0825. The molecule has 3 heterocycles. The smallest absolute Gasteiger partial charge is 0.225 e. The van der Waals surface area contributed by atoms with Gasteiger partial charge in [0.15, 0.2) is 0 Å². The van der Waals surface area contributed by atoms with Crippen LogP contribution >= 0.6 is 0 Å². The van der Waals surface area contributed by atoms with E-state index in [4.69, 9.17) is 4.74 Å². The Kier molecular flexibility index (Phi) is 5.55. The van der Waals surface area contributed by atoms with Gasteiger partial charge in [-0.15, -0.1) is 0 Å². The summed E-state index contributed by atoms with van der Waals surface area (Å²) in [6, 6.07) is 4.50. The Balaban J connectivity index is 1.46. The van der Waals surface area contributed by atoms with Gasteiger partial charge in [0.2, 0.25) is 5.91 Å². The Bertz CT molecular complexity index is 595. The summed E-state index contributed by atoms with van der Waals surface area (Å²) in [5, 5.41) is 3.40. The van der Waals surface area contributed by atoms with E-state index in [0.29, 0.717) is 6.04 Å². The van der Waals surface area contributed by atoms with Crippen LogP contribution in [-0.4, -0.2) is 48.1 Å². The highest BCUT2D eigenvalue weighted by atomic mass is 16.5. The van der Waals surface area contributed by atoms with Crippen molar-refractivity contribution in [1.82, 2.24) is 15.2 Å². The van der Waals surface area contributed by atoms with Crippen LogP contribution in [-0.2, 0) is 16.1 Å².